The van der Waals surface area contributed by atoms with Gasteiger partial charge in [0.1, 0.15) is 11.9 Å². The average Bonchev–Trinajstić information content (AvgIpc) is 2.26. The maximum absolute atomic E-state index is 13.0. The Morgan fingerprint density at radius 1 is 1.62 bits per heavy atom. The van der Waals surface area contributed by atoms with Crippen molar-refractivity contribution >= 4 is 5.97 Å². The predicted molar refractivity (Wildman–Crippen MR) is 55.2 cm³/mol. The molecule has 0 fully saturated rings. The van der Waals surface area contributed by atoms with E-state index in [0.717, 1.165) is 6.07 Å². The van der Waals surface area contributed by atoms with Gasteiger partial charge in [-0.25, -0.2) is 4.39 Å². The van der Waals surface area contributed by atoms with E-state index >= 15 is 0 Å². The average molecular weight is 222 g/mol. The Hall–Kier alpha value is -1.93. The van der Waals surface area contributed by atoms with Gasteiger partial charge in [0, 0.05) is 5.92 Å². The minimum atomic E-state index is -0.974. The number of nitriles is 1. The van der Waals surface area contributed by atoms with Crippen LogP contribution in [0.3, 0.4) is 0 Å². The minimum absolute atomic E-state index is 0.0960. The lowest BCUT2D eigenvalue weighted by Gasteiger charge is -2.12. The topological polar surface area (TPSA) is 87.1 Å². The molecule has 0 saturated heterocycles. The number of hydrogen-bond donors (Lipinski definition) is 2. The van der Waals surface area contributed by atoms with E-state index in [0.29, 0.717) is 5.56 Å². The summed E-state index contributed by atoms with van der Waals surface area (Å²) < 4.78 is 13.0. The standard InChI is InChI=1S/C11H11FN2O2/c12-10-2-1-7(3-9(10)6-14)8(5-13)4-11(15)16/h1-3,8H,4-5,13H2,(H,15,16). The van der Waals surface area contributed by atoms with E-state index < -0.39 is 17.7 Å². The highest BCUT2D eigenvalue weighted by molar-refractivity contribution is 5.68. The molecule has 0 bridgehead atoms. The first-order valence-electron chi connectivity index (χ1n) is 4.70. The first kappa shape index (κ1) is 12.1. The number of carbonyl (C=O) groups is 1. The van der Waals surface area contributed by atoms with Crippen LogP contribution in [0.5, 0.6) is 0 Å². The molecule has 84 valence electrons. The first-order chi connectivity index (χ1) is 7.58. The first-order valence-corrected chi connectivity index (χ1v) is 4.70. The van der Waals surface area contributed by atoms with Crippen molar-refractivity contribution in [3.63, 3.8) is 0 Å². The fourth-order valence-corrected chi connectivity index (χ4v) is 1.43. The Morgan fingerprint density at radius 2 is 2.31 bits per heavy atom. The molecular weight excluding hydrogens is 211 g/mol. The van der Waals surface area contributed by atoms with Gasteiger partial charge in [-0.05, 0) is 24.2 Å². The zero-order chi connectivity index (χ0) is 12.1. The maximum Gasteiger partial charge on any atom is 0.304 e. The number of halogens is 1. The van der Waals surface area contributed by atoms with Gasteiger partial charge in [-0.2, -0.15) is 5.26 Å². The van der Waals surface area contributed by atoms with E-state index in [4.69, 9.17) is 16.1 Å². The molecule has 0 spiro atoms. The molecule has 5 heteroatoms. The third kappa shape index (κ3) is 2.78. The van der Waals surface area contributed by atoms with E-state index in [1.165, 1.54) is 12.1 Å². The lowest BCUT2D eigenvalue weighted by molar-refractivity contribution is -0.137. The molecular formula is C11H11FN2O2. The van der Waals surface area contributed by atoms with Gasteiger partial charge in [-0.15, -0.1) is 0 Å². The van der Waals surface area contributed by atoms with Gasteiger partial charge in [-0.1, -0.05) is 6.07 Å². The monoisotopic (exact) mass is 222 g/mol. The third-order valence-electron chi connectivity index (χ3n) is 2.29. The van der Waals surface area contributed by atoms with Crippen molar-refractivity contribution in [2.24, 2.45) is 5.73 Å². The largest absolute Gasteiger partial charge is 0.481 e. The van der Waals surface area contributed by atoms with E-state index in [1.54, 1.807) is 6.07 Å². The van der Waals surface area contributed by atoms with Gasteiger partial charge in [0.25, 0.3) is 0 Å². The molecule has 1 aromatic carbocycles. The molecule has 0 saturated carbocycles. The molecule has 0 radical (unpaired) electrons. The summed E-state index contributed by atoms with van der Waals surface area (Å²) in [6, 6.07) is 5.65. The highest BCUT2D eigenvalue weighted by Crippen LogP contribution is 2.21. The number of rotatable bonds is 4. The summed E-state index contributed by atoms with van der Waals surface area (Å²) in [5.74, 6) is -1.99. The Labute approximate surface area is 92.1 Å². The van der Waals surface area contributed by atoms with Gasteiger partial charge >= 0.3 is 5.97 Å². The number of benzene rings is 1. The number of hydrogen-bond acceptors (Lipinski definition) is 3. The van der Waals surface area contributed by atoms with Gasteiger partial charge in [0.15, 0.2) is 0 Å². The Morgan fingerprint density at radius 3 is 2.81 bits per heavy atom. The molecule has 4 nitrogen and oxygen atoms in total. The van der Waals surface area contributed by atoms with E-state index in [-0.39, 0.29) is 18.5 Å². The summed E-state index contributed by atoms with van der Waals surface area (Å²) in [4.78, 5) is 10.6. The zero-order valence-corrected chi connectivity index (χ0v) is 8.48. The Kier molecular flexibility index (Phi) is 3.97. The molecule has 0 aromatic heterocycles. The van der Waals surface area contributed by atoms with Crippen LogP contribution in [-0.4, -0.2) is 17.6 Å². The quantitative estimate of drug-likeness (QED) is 0.801. The molecule has 16 heavy (non-hydrogen) atoms. The van der Waals surface area contributed by atoms with Crippen molar-refractivity contribution in [1.29, 1.82) is 5.26 Å². The van der Waals surface area contributed by atoms with Crippen LogP contribution in [0.4, 0.5) is 4.39 Å². The molecule has 0 aliphatic carbocycles. The molecule has 0 aliphatic heterocycles. The van der Waals surface area contributed by atoms with Gasteiger partial charge in [-0.3, -0.25) is 4.79 Å². The maximum atomic E-state index is 13.0. The second-order valence-electron chi connectivity index (χ2n) is 3.38. The Balaban J connectivity index is 3.02. The van der Waals surface area contributed by atoms with Crippen LogP contribution in [0.15, 0.2) is 18.2 Å². The summed E-state index contributed by atoms with van der Waals surface area (Å²) in [5.41, 5.74) is 5.92. The minimum Gasteiger partial charge on any atom is -0.481 e. The number of carboxylic acids is 1. The van der Waals surface area contributed by atoms with Gasteiger partial charge < -0.3 is 10.8 Å². The highest BCUT2D eigenvalue weighted by atomic mass is 19.1. The normalized spacial score (nSPS) is 11.8. The van der Waals surface area contributed by atoms with Crippen LogP contribution in [-0.2, 0) is 4.79 Å². The summed E-state index contributed by atoms with van der Waals surface area (Å²) >= 11 is 0. The lowest BCUT2D eigenvalue weighted by atomic mass is 9.94. The zero-order valence-electron chi connectivity index (χ0n) is 8.48. The lowest BCUT2D eigenvalue weighted by Crippen LogP contribution is -2.16. The van der Waals surface area contributed by atoms with E-state index in [2.05, 4.69) is 0 Å². The molecule has 1 atom stereocenters. The fraction of sp³-hybridized carbons (Fsp3) is 0.273. The van der Waals surface area contributed by atoms with Crippen molar-refractivity contribution in [3.05, 3.63) is 35.1 Å². The van der Waals surface area contributed by atoms with Crippen molar-refractivity contribution in [1.82, 2.24) is 0 Å². The molecule has 1 unspecified atom stereocenters. The SMILES string of the molecule is N#Cc1cc(C(CN)CC(=O)O)ccc1F. The fourth-order valence-electron chi connectivity index (χ4n) is 1.43. The van der Waals surface area contributed by atoms with Crippen LogP contribution in [0.2, 0.25) is 0 Å². The van der Waals surface area contributed by atoms with Crippen molar-refractivity contribution < 1.29 is 14.3 Å². The molecule has 0 aliphatic rings. The summed E-state index contributed by atoms with van der Waals surface area (Å²) in [7, 11) is 0. The summed E-state index contributed by atoms with van der Waals surface area (Å²) in [6.07, 6.45) is -0.132. The van der Waals surface area contributed by atoms with Crippen LogP contribution in [0, 0.1) is 17.1 Å². The van der Waals surface area contributed by atoms with E-state index in [9.17, 15) is 9.18 Å². The number of nitrogens with zero attached hydrogens (tertiary/aromatic N) is 1. The van der Waals surface area contributed by atoms with Crippen molar-refractivity contribution in [2.45, 2.75) is 12.3 Å². The molecule has 3 N–H and O–H groups in total. The number of nitrogens with two attached hydrogens (primary N) is 1. The van der Waals surface area contributed by atoms with E-state index in [1.807, 2.05) is 0 Å². The number of carboxylic acid groups (broad SMARTS) is 1. The summed E-state index contributed by atoms with van der Waals surface area (Å²) in [6.45, 7) is 0.142. The third-order valence-corrected chi connectivity index (χ3v) is 2.29. The van der Waals surface area contributed by atoms with Crippen LogP contribution in [0.25, 0.3) is 0 Å². The summed E-state index contributed by atoms with van der Waals surface area (Å²) in [5, 5.41) is 17.3. The molecule has 1 aromatic rings. The second kappa shape index (κ2) is 5.24. The molecule has 1 rings (SSSR count). The Bertz CT molecular complexity index is 440. The molecule has 0 heterocycles. The number of aliphatic carboxylic acids is 1. The van der Waals surface area contributed by atoms with Gasteiger partial charge in [0.05, 0.1) is 12.0 Å². The van der Waals surface area contributed by atoms with Crippen molar-refractivity contribution in [2.75, 3.05) is 6.54 Å². The predicted octanol–water partition coefficient (Wildman–Crippen LogP) is 1.21. The van der Waals surface area contributed by atoms with Crippen LogP contribution in [0.1, 0.15) is 23.5 Å². The van der Waals surface area contributed by atoms with Gasteiger partial charge in [0.2, 0.25) is 0 Å². The highest BCUT2D eigenvalue weighted by Gasteiger charge is 2.15. The smallest absolute Gasteiger partial charge is 0.304 e. The molecule has 0 amide bonds. The van der Waals surface area contributed by atoms with Crippen LogP contribution >= 0.6 is 0 Å². The van der Waals surface area contributed by atoms with Crippen molar-refractivity contribution in [3.8, 4) is 6.07 Å². The second-order valence-corrected chi connectivity index (χ2v) is 3.38. The van der Waals surface area contributed by atoms with Crippen LogP contribution < -0.4 is 5.73 Å².